The molecule has 0 radical (unpaired) electrons. The Morgan fingerprint density at radius 1 is 1.21 bits per heavy atom. The number of pyridine rings is 1. The van der Waals surface area contributed by atoms with Gasteiger partial charge in [0.25, 0.3) is 0 Å². The SMILES string of the molecule is CCNC(=NCc1cccnc1N1CCOCC1)NCCCCC1CCCC1. The molecular weight excluding hydrogens is 350 g/mol. The zero-order valence-corrected chi connectivity index (χ0v) is 17.5. The van der Waals surface area contributed by atoms with Crippen LogP contribution in [0.5, 0.6) is 0 Å². The molecule has 0 spiro atoms. The van der Waals surface area contributed by atoms with Crippen LogP contribution in [0.25, 0.3) is 0 Å². The fourth-order valence-corrected chi connectivity index (χ4v) is 4.18. The molecule has 2 fully saturated rings. The standard InChI is InChI=1S/C22H37N5O/c1-2-23-22(25-12-6-5-10-19-8-3-4-9-19)26-18-20-11-7-13-24-21(20)27-14-16-28-17-15-27/h7,11,13,19H,2-6,8-10,12,14-18H2,1H3,(H2,23,25,26). The van der Waals surface area contributed by atoms with Crippen LogP contribution in [0.2, 0.25) is 0 Å². The van der Waals surface area contributed by atoms with Crippen LogP contribution in [-0.2, 0) is 11.3 Å². The molecule has 2 heterocycles. The molecule has 1 saturated heterocycles. The molecule has 1 aliphatic heterocycles. The van der Waals surface area contributed by atoms with Crippen molar-refractivity contribution in [3.8, 4) is 0 Å². The Morgan fingerprint density at radius 3 is 2.82 bits per heavy atom. The molecule has 0 unspecified atom stereocenters. The maximum Gasteiger partial charge on any atom is 0.191 e. The number of unbranched alkanes of at least 4 members (excludes halogenated alkanes) is 1. The van der Waals surface area contributed by atoms with E-state index in [-0.39, 0.29) is 0 Å². The van der Waals surface area contributed by atoms with Crippen molar-refractivity contribution >= 4 is 11.8 Å². The number of rotatable bonds is 9. The first kappa shape index (κ1) is 20.9. The van der Waals surface area contributed by atoms with Gasteiger partial charge in [0.1, 0.15) is 5.82 Å². The summed E-state index contributed by atoms with van der Waals surface area (Å²) < 4.78 is 5.47. The zero-order valence-electron chi connectivity index (χ0n) is 17.5. The van der Waals surface area contributed by atoms with Crippen molar-refractivity contribution in [1.82, 2.24) is 15.6 Å². The lowest BCUT2D eigenvalue weighted by Crippen LogP contribution is -2.38. The monoisotopic (exact) mass is 387 g/mol. The normalized spacial score (nSPS) is 18.5. The topological polar surface area (TPSA) is 61.8 Å². The first-order valence-corrected chi connectivity index (χ1v) is 11.2. The van der Waals surface area contributed by atoms with E-state index in [0.717, 1.165) is 57.1 Å². The van der Waals surface area contributed by atoms with Gasteiger partial charge in [0, 0.05) is 37.9 Å². The highest BCUT2D eigenvalue weighted by molar-refractivity contribution is 5.79. The second-order valence-electron chi connectivity index (χ2n) is 7.85. The molecule has 2 N–H and O–H groups in total. The van der Waals surface area contributed by atoms with Gasteiger partial charge in [-0.1, -0.05) is 44.6 Å². The molecular formula is C22H37N5O. The van der Waals surface area contributed by atoms with Crippen LogP contribution in [0.4, 0.5) is 5.82 Å². The van der Waals surface area contributed by atoms with E-state index < -0.39 is 0 Å². The van der Waals surface area contributed by atoms with Crippen LogP contribution in [0.1, 0.15) is 57.4 Å². The minimum atomic E-state index is 0.637. The Balaban J connectivity index is 1.48. The summed E-state index contributed by atoms with van der Waals surface area (Å²) in [5.41, 5.74) is 1.17. The molecule has 0 aromatic carbocycles. The number of nitrogens with one attached hydrogen (secondary N) is 2. The summed E-state index contributed by atoms with van der Waals surface area (Å²) in [6.07, 6.45) is 11.6. The lowest BCUT2D eigenvalue weighted by molar-refractivity contribution is 0.122. The number of aromatic nitrogens is 1. The number of hydrogen-bond acceptors (Lipinski definition) is 4. The van der Waals surface area contributed by atoms with E-state index in [9.17, 15) is 0 Å². The number of ether oxygens (including phenoxy) is 1. The van der Waals surface area contributed by atoms with Gasteiger partial charge in [-0.25, -0.2) is 9.98 Å². The number of guanidine groups is 1. The van der Waals surface area contributed by atoms with E-state index in [2.05, 4.69) is 33.5 Å². The number of nitrogens with zero attached hydrogens (tertiary/aromatic N) is 3. The quantitative estimate of drug-likeness (QED) is 0.387. The Hall–Kier alpha value is -1.82. The Labute approximate surface area is 170 Å². The van der Waals surface area contributed by atoms with Crippen molar-refractivity contribution in [2.45, 2.75) is 58.4 Å². The fourth-order valence-electron chi connectivity index (χ4n) is 4.18. The van der Waals surface area contributed by atoms with Crippen molar-refractivity contribution in [3.63, 3.8) is 0 Å². The fraction of sp³-hybridized carbons (Fsp3) is 0.727. The third kappa shape index (κ3) is 6.66. The van der Waals surface area contributed by atoms with Crippen molar-refractivity contribution in [2.24, 2.45) is 10.9 Å². The molecule has 0 bridgehead atoms. The molecule has 3 rings (SSSR count). The van der Waals surface area contributed by atoms with Crippen LogP contribution >= 0.6 is 0 Å². The second kappa shape index (κ2) is 11.9. The molecule has 156 valence electrons. The number of aliphatic imine (C=N–C) groups is 1. The van der Waals surface area contributed by atoms with Crippen LogP contribution in [-0.4, -0.2) is 50.3 Å². The van der Waals surface area contributed by atoms with E-state index in [1.54, 1.807) is 0 Å². The summed E-state index contributed by atoms with van der Waals surface area (Å²) in [5, 5.41) is 6.87. The van der Waals surface area contributed by atoms with Gasteiger partial charge in [0.05, 0.1) is 19.8 Å². The minimum absolute atomic E-state index is 0.637. The first-order valence-electron chi connectivity index (χ1n) is 11.2. The summed E-state index contributed by atoms with van der Waals surface area (Å²) in [4.78, 5) is 11.7. The zero-order chi connectivity index (χ0) is 19.4. The van der Waals surface area contributed by atoms with Gasteiger partial charge < -0.3 is 20.3 Å². The summed E-state index contributed by atoms with van der Waals surface area (Å²) in [6.45, 7) is 7.94. The molecule has 6 nitrogen and oxygen atoms in total. The summed E-state index contributed by atoms with van der Waals surface area (Å²) in [5.74, 6) is 2.94. The lowest BCUT2D eigenvalue weighted by Gasteiger charge is -2.29. The average Bonchev–Trinajstić information content (AvgIpc) is 3.26. The van der Waals surface area contributed by atoms with Gasteiger partial charge >= 0.3 is 0 Å². The smallest absolute Gasteiger partial charge is 0.191 e. The van der Waals surface area contributed by atoms with Crippen molar-refractivity contribution in [1.29, 1.82) is 0 Å². The maximum absolute atomic E-state index is 5.47. The highest BCUT2D eigenvalue weighted by Crippen LogP contribution is 2.28. The van der Waals surface area contributed by atoms with Gasteiger partial charge in [-0.05, 0) is 25.3 Å². The van der Waals surface area contributed by atoms with Crippen LogP contribution in [0.15, 0.2) is 23.3 Å². The second-order valence-corrected chi connectivity index (χ2v) is 7.85. The third-order valence-corrected chi connectivity index (χ3v) is 5.74. The largest absolute Gasteiger partial charge is 0.378 e. The van der Waals surface area contributed by atoms with Gasteiger partial charge in [-0.2, -0.15) is 0 Å². The number of anilines is 1. The molecule has 1 saturated carbocycles. The van der Waals surface area contributed by atoms with E-state index in [1.165, 1.54) is 50.5 Å². The molecule has 1 aliphatic carbocycles. The maximum atomic E-state index is 5.47. The van der Waals surface area contributed by atoms with E-state index in [0.29, 0.717) is 6.54 Å². The van der Waals surface area contributed by atoms with E-state index >= 15 is 0 Å². The van der Waals surface area contributed by atoms with Crippen LogP contribution in [0, 0.1) is 5.92 Å². The first-order chi connectivity index (χ1) is 13.9. The Kier molecular flexibility index (Phi) is 8.88. The van der Waals surface area contributed by atoms with E-state index in [1.807, 2.05) is 12.3 Å². The molecule has 1 aromatic rings. The van der Waals surface area contributed by atoms with Crippen molar-refractivity contribution in [2.75, 3.05) is 44.3 Å². The molecule has 2 aliphatic rings. The molecule has 6 heteroatoms. The van der Waals surface area contributed by atoms with Crippen LogP contribution < -0.4 is 15.5 Å². The van der Waals surface area contributed by atoms with Crippen molar-refractivity contribution in [3.05, 3.63) is 23.9 Å². The third-order valence-electron chi connectivity index (χ3n) is 5.74. The highest BCUT2D eigenvalue weighted by Gasteiger charge is 2.16. The van der Waals surface area contributed by atoms with E-state index in [4.69, 9.17) is 9.73 Å². The lowest BCUT2D eigenvalue weighted by atomic mass is 10.0. The average molecular weight is 388 g/mol. The molecule has 28 heavy (non-hydrogen) atoms. The van der Waals surface area contributed by atoms with Gasteiger partial charge in [-0.3, -0.25) is 0 Å². The molecule has 1 aromatic heterocycles. The molecule has 0 atom stereocenters. The van der Waals surface area contributed by atoms with Crippen molar-refractivity contribution < 1.29 is 4.74 Å². The predicted molar refractivity (Wildman–Crippen MR) is 116 cm³/mol. The van der Waals surface area contributed by atoms with Gasteiger partial charge in [-0.15, -0.1) is 0 Å². The van der Waals surface area contributed by atoms with Gasteiger partial charge in [0.2, 0.25) is 0 Å². The highest BCUT2D eigenvalue weighted by atomic mass is 16.5. The number of morpholine rings is 1. The summed E-state index contributed by atoms with van der Waals surface area (Å²) >= 11 is 0. The Morgan fingerprint density at radius 2 is 2.04 bits per heavy atom. The summed E-state index contributed by atoms with van der Waals surface area (Å²) in [7, 11) is 0. The Bertz CT molecular complexity index is 594. The van der Waals surface area contributed by atoms with Gasteiger partial charge in [0.15, 0.2) is 5.96 Å². The number of hydrogen-bond donors (Lipinski definition) is 2. The minimum Gasteiger partial charge on any atom is -0.378 e. The summed E-state index contributed by atoms with van der Waals surface area (Å²) in [6, 6.07) is 4.13. The van der Waals surface area contributed by atoms with Crippen LogP contribution in [0.3, 0.4) is 0 Å². The predicted octanol–water partition coefficient (Wildman–Crippen LogP) is 3.33. The molecule has 0 amide bonds.